The number of hydrogen-bond acceptors (Lipinski definition) is 8. The van der Waals surface area contributed by atoms with Gasteiger partial charge in [0.25, 0.3) is 5.75 Å². The van der Waals surface area contributed by atoms with Gasteiger partial charge in [0.05, 0.1) is 20.3 Å². The number of nitro groups is 2. The maximum absolute atomic E-state index is 13.3. The number of nitrogens with one attached hydrogen (secondary N) is 1. The van der Waals surface area contributed by atoms with E-state index in [1.807, 2.05) is 0 Å². The van der Waals surface area contributed by atoms with Crippen LogP contribution in [0.2, 0.25) is 5.02 Å². The normalized spacial score (nSPS) is 10.7. The summed E-state index contributed by atoms with van der Waals surface area (Å²) in [5.74, 6) is -1.79. The van der Waals surface area contributed by atoms with E-state index in [0.29, 0.717) is 0 Å². The van der Waals surface area contributed by atoms with E-state index >= 15 is 0 Å². The number of nitro benzene ring substituents is 2. The molecule has 0 saturated carbocycles. The van der Waals surface area contributed by atoms with Gasteiger partial charge >= 0.3 is 11.4 Å². The molecule has 132 valence electrons. The van der Waals surface area contributed by atoms with Crippen LogP contribution in [0, 0.1) is 26.0 Å². The number of rotatable bonds is 4. The molecule has 12 heteroatoms. The van der Waals surface area contributed by atoms with Crippen molar-refractivity contribution in [3.63, 3.8) is 0 Å². The second-order valence-corrected chi connectivity index (χ2v) is 5.39. The second kappa shape index (κ2) is 6.37. The van der Waals surface area contributed by atoms with Gasteiger partial charge in [-0.2, -0.15) is 0 Å². The molecule has 1 heterocycles. The number of benzene rings is 2. The highest BCUT2D eigenvalue weighted by molar-refractivity contribution is 6.31. The third kappa shape index (κ3) is 2.91. The molecule has 0 amide bonds. The number of hydrogen-bond donors (Lipinski definition) is 2. The molecule has 3 aromatic rings. The highest BCUT2D eigenvalue weighted by atomic mass is 35.5. The van der Waals surface area contributed by atoms with Gasteiger partial charge in [-0.1, -0.05) is 11.6 Å². The molecule has 0 aliphatic carbocycles. The molecule has 10 nitrogen and oxygen atoms in total. The van der Waals surface area contributed by atoms with Crippen molar-refractivity contribution in [2.24, 2.45) is 0 Å². The van der Waals surface area contributed by atoms with E-state index < -0.39 is 32.8 Å². The lowest BCUT2D eigenvalue weighted by Crippen LogP contribution is -2.01. The molecule has 2 aromatic carbocycles. The molecule has 0 aliphatic heterocycles. The van der Waals surface area contributed by atoms with E-state index in [0.717, 1.165) is 18.5 Å². The van der Waals surface area contributed by atoms with Crippen molar-refractivity contribution in [3.8, 4) is 5.75 Å². The second-order valence-electron chi connectivity index (χ2n) is 4.98. The quantitative estimate of drug-likeness (QED) is 0.515. The number of fused-ring (bicyclic) bond motifs is 1. The van der Waals surface area contributed by atoms with Gasteiger partial charge in [0.1, 0.15) is 18.0 Å². The van der Waals surface area contributed by atoms with Crippen LogP contribution >= 0.6 is 11.6 Å². The fourth-order valence-electron chi connectivity index (χ4n) is 2.28. The summed E-state index contributed by atoms with van der Waals surface area (Å²) in [4.78, 5) is 28.0. The monoisotopic (exact) mass is 379 g/mol. The molecule has 2 N–H and O–H groups in total. The van der Waals surface area contributed by atoms with Crippen LogP contribution in [0.1, 0.15) is 0 Å². The minimum Gasteiger partial charge on any atom is -0.497 e. The predicted molar refractivity (Wildman–Crippen MR) is 89.2 cm³/mol. The molecular formula is C14H7ClFN5O5. The molecule has 3 rings (SSSR count). The van der Waals surface area contributed by atoms with Gasteiger partial charge in [-0.25, -0.2) is 14.4 Å². The van der Waals surface area contributed by atoms with E-state index in [1.54, 1.807) is 0 Å². The van der Waals surface area contributed by atoms with Crippen LogP contribution in [0.25, 0.3) is 10.9 Å². The van der Waals surface area contributed by atoms with Crippen LogP contribution in [0.5, 0.6) is 5.75 Å². The lowest BCUT2D eigenvalue weighted by atomic mass is 10.1. The molecule has 0 bridgehead atoms. The number of aromatic hydroxyl groups is 1. The van der Waals surface area contributed by atoms with Crippen LogP contribution in [0.4, 0.5) is 27.3 Å². The topological polar surface area (TPSA) is 144 Å². The molecule has 0 fully saturated rings. The molecule has 0 aliphatic rings. The third-order valence-electron chi connectivity index (χ3n) is 3.42. The molecule has 26 heavy (non-hydrogen) atoms. The summed E-state index contributed by atoms with van der Waals surface area (Å²) in [6, 6.07) is 4.57. The molecule has 1 aromatic heterocycles. The zero-order chi connectivity index (χ0) is 19.0. The zero-order valence-electron chi connectivity index (χ0n) is 12.5. The van der Waals surface area contributed by atoms with Crippen LogP contribution < -0.4 is 5.32 Å². The SMILES string of the molecule is O=[N+]([O-])c1cc2c(Nc3ccc(F)c(Cl)c3)ncnc2c([N+](=O)[O-])c1O. The summed E-state index contributed by atoms with van der Waals surface area (Å²) >= 11 is 5.69. The van der Waals surface area contributed by atoms with Crippen molar-refractivity contribution in [1.29, 1.82) is 0 Å². The van der Waals surface area contributed by atoms with Gasteiger partial charge in [-0.05, 0) is 18.2 Å². The smallest absolute Gasteiger partial charge is 0.344 e. The van der Waals surface area contributed by atoms with E-state index in [9.17, 15) is 29.7 Å². The first-order valence-corrected chi connectivity index (χ1v) is 7.19. The Labute approximate surface area is 148 Å². The Morgan fingerprint density at radius 3 is 2.50 bits per heavy atom. The first-order valence-electron chi connectivity index (χ1n) is 6.81. The average molecular weight is 380 g/mol. The summed E-state index contributed by atoms with van der Waals surface area (Å²) in [5.41, 5.74) is -1.81. The zero-order valence-corrected chi connectivity index (χ0v) is 13.3. The minimum atomic E-state index is -1.11. The first-order chi connectivity index (χ1) is 12.3. The molecular weight excluding hydrogens is 373 g/mol. The van der Waals surface area contributed by atoms with E-state index in [-0.39, 0.29) is 27.4 Å². The van der Waals surface area contributed by atoms with Crippen LogP contribution in [0.15, 0.2) is 30.6 Å². The highest BCUT2D eigenvalue weighted by Crippen LogP contribution is 2.42. The Morgan fingerprint density at radius 2 is 1.88 bits per heavy atom. The molecule has 0 atom stereocenters. The van der Waals surface area contributed by atoms with Gasteiger partial charge in [-0.15, -0.1) is 0 Å². The number of phenols is 1. The lowest BCUT2D eigenvalue weighted by Gasteiger charge is -2.09. The highest BCUT2D eigenvalue weighted by Gasteiger charge is 2.31. The van der Waals surface area contributed by atoms with E-state index in [1.165, 1.54) is 12.1 Å². The van der Waals surface area contributed by atoms with E-state index in [4.69, 9.17) is 11.6 Å². The summed E-state index contributed by atoms with van der Waals surface area (Å²) < 4.78 is 13.3. The van der Waals surface area contributed by atoms with Crippen molar-refractivity contribution in [2.45, 2.75) is 0 Å². The van der Waals surface area contributed by atoms with Crippen LogP contribution in [-0.2, 0) is 0 Å². The van der Waals surface area contributed by atoms with Crippen molar-refractivity contribution in [1.82, 2.24) is 9.97 Å². The maximum Gasteiger partial charge on any atom is 0.344 e. The Hall–Kier alpha value is -3.60. The molecule has 0 unspecified atom stereocenters. The summed E-state index contributed by atoms with van der Waals surface area (Å²) in [6.07, 6.45) is 0.980. The fourth-order valence-corrected chi connectivity index (χ4v) is 2.46. The lowest BCUT2D eigenvalue weighted by molar-refractivity contribution is -0.395. The number of anilines is 2. The van der Waals surface area contributed by atoms with Crippen molar-refractivity contribution in [2.75, 3.05) is 5.32 Å². The van der Waals surface area contributed by atoms with Gasteiger partial charge in [-0.3, -0.25) is 20.2 Å². The molecule has 0 spiro atoms. The van der Waals surface area contributed by atoms with Gasteiger partial charge < -0.3 is 10.4 Å². The number of aromatic nitrogens is 2. The van der Waals surface area contributed by atoms with Crippen LogP contribution in [-0.4, -0.2) is 24.9 Å². The molecule has 0 saturated heterocycles. The van der Waals surface area contributed by atoms with Crippen molar-refractivity contribution < 1.29 is 19.3 Å². The molecule has 0 radical (unpaired) electrons. The Kier molecular flexibility index (Phi) is 4.22. The summed E-state index contributed by atoms with van der Waals surface area (Å²) in [7, 11) is 0. The van der Waals surface area contributed by atoms with Crippen LogP contribution in [0.3, 0.4) is 0 Å². The van der Waals surface area contributed by atoms with Crippen molar-refractivity contribution >= 4 is 45.4 Å². The average Bonchev–Trinajstić information content (AvgIpc) is 2.57. The standard InChI is InChI=1S/C14H7ClFN5O5/c15-8-3-6(1-2-9(8)16)19-14-7-4-10(20(23)24)13(22)12(21(25)26)11(7)17-5-18-14/h1-5,22H,(H,17,18,19). The Morgan fingerprint density at radius 1 is 1.15 bits per heavy atom. The van der Waals surface area contributed by atoms with E-state index in [2.05, 4.69) is 15.3 Å². The van der Waals surface area contributed by atoms with Gasteiger partial charge in [0.15, 0.2) is 5.52 Å². The largest absolute Gasteiger partial charge is 0.497 e. The van der Waals surface area contributed by atoms with Gasteiger partial charge in [0.2, 0.25) is 0 Å². The Balaban J connectivity index is 2.25. The third-order valence-corrected chi connectivity index (χ3v) is 3.71. The number of halogens is 2. The minimum absolute atomic E-state index is 0.0242. The fraction of sp³-hybridized carbons (Fsp3) is 0. The predicted octanol–water partition coefficient (Wildman–Crippen LogP) is 3.69. The first kappa shape index (κ1) is 17.2. The number of phenolic OH excluding ortho intramolecular Hbond substituents is 1. The Bertz CT molecular complexity index is 1080. The summed E-state index contributed by atoms with van der Waals surface area (Å²) in [5, 5.41) is 34.7. The van der Waals surface area contributed by atoms with Gasteiger partial charge in [0, 0.05) is 11.8 Å². The maximum atomic E-state index is 13.3. The van der Waals surface area contributed by atoms with Crippen molar-refractivity contribution in [3.05, 3.63) is 61.7 Å². The number of nitrogens with zero attached hydrogens (tertiary/aromatic N) is 4. The summed E-state index contributed by atoms with van der Waals surface area (Å²) in [6.45, 7) is 0.